The van der Waals surface area contributed by atoms with Gasteiger partial charge in [0.15, 0.2) is 0 Å². The number of anilines is 1. The number of piperazine rings is 2. The van der Waals surface area contributed by atoms with Gasteiger partial charge in [-0.3, -0.25) is 9.69 Å². The zero-order valence-corrected chi connectivity index (χ0v) is 18.4. The van der Waals surface area contributed by atoms with E-state index in [0.717, 1.165) is 58.0 Å². The molecule has 2 fully saturated rings. The molecule has 0 bridgehead atoms. The number of carbonyl (C=O) groups excluding carboxylic acids is 1. The maximum atomic E-state index is 13.1. The number of hydrogen-bond donors (Lipinski definition) is 0. The summed E-state index contributed by atoms with van der Waals surface area (Å²) in [6, 6.07) is 16.5. The minimum absolute atomic E-state index is 0.224. The van der Waals surface area contributed by atoms with Crippen LogP contribution in [0.3, 0.4) is 0 Å². The molecule has 0 spiro atoms. The third-order valence-electron chi connectivity index (χ3n) is 6.42. The molecular formula is C25H30FN5O. The molecule has 2 aliphatic heterocycles. The summed E-state index contributed by atoms with van der Waals surface area (Å²) >= 11 is 0. The SMILES string of the molecule is N#Cc1ccc(CN2CCN(CCC(=O)N3CCN(c4ccc(F)cc4)CC3)CC2)cc1. The molecule has 0 N–H and O–H groups in total. The normalized spacial score (nSPS) is 17.9. The van der Waals surface area contributed by atoms with Crippen molar-refractivity contribution in [1.82, 2.24) is 14.7 Å². The van der Waals surface area contributed by atoms with Gasteiger partial charge < -0.3 is 14.7 Å². The van der Waals surface area contributed by atoms with E-state index in [4.69, 9.17) is 5.26 Å². The summed E-state index contributed by atoms with van der Waals surface area (Å²) in [4.78, 5) is 21.7. The number of halogens is 1. The largest absolute Gasteiger partial charge is 0.368 e. The number of amides is 1. The maximum Gasteiger partial charge on any atom is 0.223 e. The number of nitriles is 1. The van der Waals surface area contributed by atoms with Crippen molar-refractivity contribution >= 4 is 11.6 Å². The van der Waals surface area contributed by atoms with E-state index in [2.05, 4.69) is 20.8 Å². The fraction of sp³-hybridized carbons (Fsp3) is 0.440. The van der Waals surface area contributed by atoms with Gasteiger partial charge in [-0.2, -0.15) is 5.26 Å². The molecule has 2 aromatic rings. The van der Waals surface area contributed by atoms with Gasteiger partial charge >= 0.3 is 0 Å². The Hall–Kier alpha value is -2.95. The van der Waals surface area contributed by atoms with Crippen molar-refractivity contribution in [3.05, 3.63) is 65.5 Å². The van der Waals surface area contributed by atoms with E-state index in [-0.39, 0.29) is 11.7 Å². The first-order chi connectivity index (χ1) is 15.6. The van der Waals surface area contributed by atoms with Gasteiger partial charge in [0.25, 0.3) is 0 Å². The highest BCUT2D eigenvalue weighted by Crippen LogP contribution is 2.17. The van der Waals surface area contributed by atoms with Crippen molar-refractivity contribution in [2.24, 2.45) is 0 Å². The summed E-state index contributed by atoms with van der Waals surface area (Å²) in [6.45, 7) is 8.64. The van der Waals surface area contributed by atoms with E-state index in [1.165, 1.54) is 17.7 Å². The second-order valence-electron chi connectivity index (χ2n) is 8.52. The van der Waals surface area contributed by atoms with Gasteiger partial charge in [-0.1, -0.05) is 12.1 Å². The number of carbonyl (C=O) groups is 1. The zero-order valence-electron chi connectivity index (χ0n) is 18.4. The zero-order chi connectivity index (χ0) is 22.3. The Morgan fingerprint density at radius 1 is 0.844 bits per heavy atom. The quantitative estimate of drug-likeness (QED) is 0.698. The highest BCUT2D eigenvalue weighted by Gasteiger charge is 2.23. The predicted octanol–water partition coefficient (Wildman–Crippen LogP) is 2.55. The standard InChI is InChI=1S/C25H30FN5O/c26-23-5-7-24(8-6-23)30-15-17-31(18-16-30)25(32)9-10-28-11-13-29(14-12-28)20-22-3-1-21(19-27)2-4-22/h1-8H,9-18,20H2. The number of nitrogens with zero attached hydrogens (tertiary/aromatic N) is 5. The molecule has 0 atom stereocenters. The maximum absolute atomic E-state index is 13.1. The van der Waals surface area contributed by atoms with Gasteiger partial charge in [0.05, 0.1) is 11.6 Å². The Morgan fingerprint density at radius 2 is 1.47 bits per heavy atom. The average molecular weight is 436 g/mol. The molecule has 168 valence electrons. The Labute approximate surface area is 189 Å². The summed E-state index contributed by atoms with van der Waals surface area (Å²) < 4.78 is 13.1. The van der Waals surface area contributed by atoms with Gasteiger partial charge in [-0.25, -0.2) is 4.39 Å². The molecule has 4 rings (SSSR count). The predicted molar refractivity (Wildman–Crippen MR) is 123 cm³/mol. The smallest absolute Gasteiger partial charge is 0.223 e. The molecule has 2 saturated heterocycles. The molecule has 0 aliphatic carbocycles. The molecule has 32 heavy (non-hydrogen) atoms. The first kappa shape index (κ1) is 22.3. The van der Waals surface area contributed by atoms with Crippen molar-refractivity contribution in [3.8, 4) is 6.07 Å². The summed E-state index contributed by atoms with van der Waals surface area (Å²) in [5.41, 5.74) is 2.94. The van der Waals surface area contributed by atoms with Gasteiger partial charge in [0.1, 0.15) is 5.82 Å². The summed E-state index contributed by atoms with van der Waals surface area (Å²) in [6.07, 6.45) is 0.562. The summed E-state index contributed by atoms with van der Waals surface area (Å²) in [7, 11) is 0. The molecule has 6 nitrogen and oxygen atoms in total. The van der Waals surface area contributed by atoms with Gasteiger partial charge in [-0.15, -0.1) is 0 Å². The lowest BCUT2D eigenvalue weighted by Crippen LogP contribution is -2.50. The summed E-state index contributed by atoms with van der Waals surface area (Å²) in [5, 5.41) is 8.91. The van der Waals surface area contributed by atoms with Crippen molar-refractivity contribution in [3.63, 3.8) is 0 Å². The molecule has 0 saturated carbocycles. The molecule has 7 heteroatoms. The van der Waals surface area contributed by atoms with Crippen LogP contribution in [0.1, 0.15) is 17.5 Å². The van der Waals surface area contributed by atoms with Crippen LogP contribution in [0.4, 0.5) is 10.1 Å². The lowest BCUT2D eigenvalue weighted by atomic mass is 10.1. The van der Waals surface area contributed by atoms with Crippen LogP contribution in [-0.4, -0.2) is 79.5 Å². The van der Waals surface area contributed by atoms with Crippen LogP contribution in [0.25, 0.3) is 0 Å². The van der Waals surface area contributed by atoms with Crippen LogP contribution < -0.4 is 4.90 Å². The minimum Gasteiger partial charge on any atom is -0.368 e. The molecule has 2 aromatic carbocycles. The first-order valence-corrected chi connectivity index (χ1v) is 11.3. The number of benzene rings is 2. The molecular weight excluding hydrogens is 405 g/mol. The fourth-order valence-corrected chi connectivity index (χ4v) is 4.39. The Morgan fingerprint density at radius 3 is 2.09 bits per heavy atom. The number of hydrogen-bond acceptors (Lipinski definition) is 5. The second-order valence-corrected chi connectivity index (χ2v) is 8.52. The molecule has 2 aliphatic rings. The highest BCUT2D eigenvalue weighted by atomic mass is 19.1. The van der Waals surface area contributed by atoms with Crippen LogP contribution >= 0.6 is 0 Å². The molecule has 0 aromatic heterocycles. The van der Waals surface area contributed by atoms with E-state index in [1.807, 2.05) is 29.2 Å². The molecule has 0 radical (unpaired) electrons. The van der Waals surface area contributed by atoms with E-state index < -0.39 is 0 Å². The van der Waals surface area contributed by atoms with Crippen molar-refractivity contribution in [2.75, 3.05) is 63.8 Å². The lowest BCUT2D eigenvalue weighted by molar-refractivity contribution is -0.131. The van der Waals surface area contributed by atoms with Crippen molar-refractivity contribution < 1.29 is 9.18 Å². The fourth-order valence-electron chi connectivity index (χ4n) is 4.39. The van der Waals surface area contributed by atoms with Gasteiger partial charge in [0, 0.05) is 77.6 Å². The summed E-state index contributed by atoms with van der Waals surface area (Å²) in [5.74, 6) is 0.00132. The van der Waals surface area contributed by atoms with Crippen LogP contribution in [-0.2, 0) is 11.3 Å². The van der Waals surface area contributed by atoms with E-state index in [9.17, 15) is 9.18 Å². The third-order valence-corrected chi connectivity index (χ3v) is 6.42. The van der Waals surface area contributed by atoms with Crippen LogP contribution in [0.15, 0.2) is 48.5 Å². The topological polar surface area (TPSA) is 53.8 Å². The van der Waals surface area contributed by atoms with Crippen LogP contribution in [0, 0.1) is 17.1 Å². The molecule has 1 amide bonds. The first-order valence-electron chi connectivity index (χ1n) is 11.3. The molecule has 0 unspecified atom stereocenters. The Balaban J connectivity index is 1.14. The third kappa shape index (κ3) is 5.84. The van der Waals surface area contributed by atoms with E-state index in [0.29, 0.717) is 25.1 Å². The van der Waals surface area contributed by atoms with E-state index in [1.54, 1.807) is 12.1 Å². The Kier molecular flexibility index (Phi) is 7.35. The lowest BCUT2D eigenvalue weighted by Gasteiger charge is -2.37. The van der Waals surface area contributed by atoms with Gasteiger partial charge in [-0.05, 0) is 42.0 Å². The van der Waals surface area contributed by atoms with Crippen molar-refractivity contribution in [1.29, 1.82) is 5.26 Å². The van der Waals surface area contributed by atoms with Gasteiger partial charge in [0.2, 0.25) is 5.91 Å². The molecule has 2 heterocycles. The second kappa shape index (κ2) is 10.6. The Bertz CT molecular complexity index is 924. The monoisotopic (exact) mass is 435 g/mol. The van der Waals surface area contributed by atoms with Crippen LogP contribution in [0.5, 0.6) is 0 Å². The average Bonchev–Trinajstić information content (AvgIpc) is 2.84. The van der Waals surface area contributed by atoms with E-state index >= 15 is 0 Å². The minimum atomic E-state index is -0.224. The number of rotatable bonds is 6. The van der Waals surface area contributed by atoms with Crippen molar-refractivity contribution in [2.45, 2.75) is 13.0 Å². The van der Waals surface area contributed by atoms with Crippen LogP contribution in [0.2, 0.25) is 0 Å². The highest BCUT2D eigenvalue weighted by molar-refractivity contribution is 5.76.